The van der Waals surface area contributed by atoms with Gasteiger partial charge < -0.3 is 10.6 Å². The lowest BCUT2D eigenvalue weighted by molar-refractivity contribution is -0.134. The lowest BCUT2D eigenvalue weighted by atomic mass is 9.82. The van der Waals surface area contributed by atoms with E-state index >= 15 is 0 Å². The van der Waals surface area contributed by atoms with Crippen molar-refractivity contribution >= 4 is 5.91 Å². The van der Waals surface area contributed by atoms with Crippen LogP contribution in [-0.2, 0) is 4.79 Å². The summed E-state index contributed by atoms with van der Waals surface area (Å²) in [6.07, 6.45) is 2.92. The summed E-state index contributed by atoms with van der Waals surface area (Å²) in [6.45, 7) is 8.22. The highest BCUT2D eigenvalue weighted by Crippen LogP contribution is 2.29. The van der Waals surface area contributed by atoms with Crippen molar-refractivity contribution in [1.82, 2.24) is 4.90 Å². The second-order valence-corrected chi connectivity index (χ2v) is 5.00. The normalized spacial score (nSPS) is 23.3. The predicted molar refractivity (Wildman–Crippen MR) is 57.9 cm³/mol. The number of piperidine rings is 1. The molecule has 0 radical (unpaired) electrons. The summed E-state index contributed by atoms with van der Waals surface area (Å²) < 4.78 is 0. The van der Waals surface area contributed by atoms with E-state index in [-0.39, 0.29) is 11.9 Å². The zero-order chi connectivity index (χ0) is 10.8. The quantitative estimate of drug-likeness (QED) is 0.728. The number of carbonyl (C=O) groups excluding carboxylic acids is 1. The molecule has 0 bridgehead atoms. The van der Waals surface area contributed by atoms with E-state index in [1.165, 1.54) is 0 Å². The number of hydrogen-bond acceptors (Lipinski definition) is 2. The smallest absolute Gasteiger partial charge is 0.239 e. The van der Waals surface area contributed by atoms with E-state index in [0.29, 0.717) is 5.41 Å². The van der Waals surface area contributed by atoms with Gasteiger partial charge in [0.25, 0.3) is 0 Å². The van der Waals surface area contributed by atoms with E-state index in [2.05, 4.69) is 13.8 Å². The molecule has 0 spiro atoms. The van der Waals surface area contributed by atoms with Crippen LogP contribution in [0, 0.1) is 5.41 Å². The molecule has 0 aromatic heterocycles. The highest BCUT2D eigenvalue weighted by atomic mass is 16.2. The van der Waals surface area contributed by atoms with Crippen LogP contribution < -0.4 is 5.73 Å². The average Bonchev–Trinajstić information content (AvgIpc) is 2.15. The van der Waals surface area contributed by atoms with E-state index in [1.807, 2.05) is 11.8 Å². The van der Waals surface area contributed by atoms with E-state index in [9.17, 15) is 4.79 Å². The summed E-state index contributed by atoms with van der Waals surface area (Å²) in [7, 11) is 0. The van der Waals surface area contributed by atoms with E-state index in [1.54, 1.807) is 0 Å². The Morgan fingerprint density at radius 1 is 1.43 bits per heavy atom. The average molecular weight is 198 g/mol. The molecular weight excluding hydrogens is 176 g/mol. The lowest BCUT2D eigenvalue weighted by Crippen LogP contribution is -2.48. The van der Waals surface area contributed by atoms with Crippen LogP contribution in [0.4, 0.5) is 0 Å². The van der Waals surface area contributed by atoms with Crippen LogP contribution >= 0.6 is 0 Å². The van der Waals surface area contributed by atoms with Crippen molar-refractivity contribution in [1.29, 1.82) is 0 Å². The van der Waals surface area contributed by atoms with Gasteiger partial charge in [-0.15, -0.1) is 0 Å². The highest BCUT2D eigenvalue weighted by molar-refractivity contribution is 5.81. The summed E-state index contributed by atoms with van der Waals surface area (Å²) in [5, 5.41) is 0. The fourth-order valence-corrected chi connectivity index (χ4v) is 1.74. The Morgan fingerprint density at radius 2 is 1.93 bits per heavy atom. The zero-order valence-corrected chi connectivity index (χ0v) is 9.55. The van der Waals surface area contributed by atoms with E-state index in [0.717, 1.165) is 32.4 Å². The predicted octanol–water partition coefficient (Wildman–Crippen LogP) is 1.37. The minimum Gasteiger partial charge on any atom is -0.341 e. The van der Waals surface area contributed by atoms with Crippen LogP contribution in [0.3, 0.4) is 0 Å². The monoisotopic (exact) mass is 198 g/mol. The first kappa shape index (κ1) is 11.5. The second-order valence-electron chi connectivity index (χ2n) is 5.00. The first-order valence-corrected chi connectivity index (χ1v) is 5.50. The summed E-state index contributed by atoms with van der Waals surface area (Å²) in [5.41, 5.74) is 6.12. The fraction of sp³-hybridized carbons (Fsp3) is 0.909. The maximum Gasteiger partial charge on any atom is 0.239 e. The lowest BCUT2D eigenvalue weighted by Gasteiger charge is -2.37. The van der Waals surface area contributed by atoms with Crippen molar-refractivity contribution in [3.8, 4) is 0 Å². The van der Waals surface area contributed by atoms with Crippen molar-refractivity contribution in [2.75, 3.05) is 13.1 Å². The van der Waals surface area contributed by atoms with E-state index in [4.69, 9.17) is 5.73 Å². The van der Waals surface area contributed by atoms with Gasteiger partial charge >= 0.3 is 0 Å². The van der Waals surface area contributed by atoms with Gasteiger partial charge in [-0.05, 0) is 24.7 Å². The molecule has 1 fully saturated rings. The molecule has 0 aliphatic carbocycles. The van der Waals surface area contributed by atoms with Gasteiger partial charge in [-0.1, -0.05) is 20.8 Å². The minimum absolute atomic E-state index is 0.128. The van der Waals surface area contributed by atoms with Gasteiger partial charge in [0.1, 0.15) is 0 Å². The highest BCUT2D eigenvalue weighted by Gasteiger charge is 2.29. The van der Waals surface area contributed by atoms with Crippen LogP contribution in [-0.4, -0.2) is 29.9 Å². The molecule has 2 N–H and O–H groups in total. The van der Waals surface area contributed by atoms with Crippen molar-refractivity contribution in [2.45, 2.75) is 46.1 Å². The molecule has 1 heterocycles. The molecule has 3 heteroatoms. The van der Waals surface area contributed by atoms with Gasteiger partial charge in [-0.2, -0.15) is 0 Å². The molecule has 1 atom stereocenters. The molecule has 1 saturated heterocycles. The van der Waals surface area contributed by atoms with Gasteiger partial charge in [0, 0.05) is 13.1 Å². The Hall–Kier alpha value is -0.570. The first-order valence-electron chi connectivity index (χ1n) is 5.50. The molecule has 1 aliphatic rings. The Labute approximate surface area is 86.6 Å². The molecule has 82 valence electrons. The molecule has 14 heavy (non-hydrogen) atoms. The first-order chi connectivity index (χ1) is 6.46. The molecule has 1 rings (SSSR count). The number of amides is 1. The Balaban J connectivity index is 2.46. The largest absolute Gasteiger partial charge is 0.341 e. The van der Waals surface area contributed by atoms with Gasteiger partial charge in [0.05, 0.1) is 6.04 Å². The number of hydrogen-bond donors (Lipinski definition) is 1. The molecule has 0 aromatic rings. The van der Waals surface area contributed by atoms with Crippen LogP contribution in [0.1, 0.15) is 40.0 Å². The van der Waals surface area contributed by atoms with Gasteiger partial charge in [-0.3, -0.25) is 4.79 Å². The maximum absolute atomic E-state index is 11.7. The zero-order valence-electron chi connectivity index (χ0n) is 9.55. The molecule has 0 saturated carbocycles. The van der Waals surface area contributed by atoms with Crippen molar-refractivity contribution < 1.29 is 4.79 Å². The molecular formula is C11H22N2O. The fourth-order valence-electron chi connectivity index (χ4n) is 1.74. The molecule has 1 amide bonds. The number of nitrogens with two attached hydrogens (primary N) is 1. The SMILES string of the molecule is CC[C@@H](N)C(=O)N1CCC(C)(C)CC1. The minimum atomic E-state index is -0.295. The van der Waals surface area contributed by atoms with Crippen molar-refractivity contribution in [3.63, 3.8) is 0 Å². The Bertz CT molecular complexity index is 203. The number of rotatable bonds is 2. The van der Waals surface area contributed by atoms with Crippen LogP contribution in [0.5, 0.6) is 0 Å². The third-order valence-electron chi connectivity index (χ3n) is 3.19. The third kappa shape index (κ3) is 2.71. The van der Waals surface area contributed by atoms with Crippen molar-refractivity contribution in [3.05, 3.63) is 0 Å². The van der Waals surface area contributed by atoms with E-state index < -0.39 is 0 Å². The Morgan fingerprint density at radius 3 is 2.36 bits per heavy atom. The number of carbonyl (C=O) groups is 1. The molecule has 0 unspecified atom stereocenters. The molecule has 3 nitrogen and oxygen atoms in total. The Kier molecular flexibility index (Phi) is 3.53. The van der Waals surface area contributed by atoms with Gasteiger partial charge in [-0.25, -0.2) is 0 Å². The van der Waals surface area contributed by atoms with Crippen LogP contribution in [0.15, 0.2) is 0 Å². The number of likely N-dealkylation sites (tertiary alicyclic amines) is 1. The summed E-state index contributed by atoms with van der Waals surface area (Å²) in [5.74, 6) is 0.128. The molecule has 1 aliphatic heterocycles. The molecule has 0 aromatic carbocycles. The summed E-state index contributed by atoms with van der Waals surface area (Å²) >= 11 is 0. The van der Waals surface area contributed by atoms with Crippen LogP contribution in [0.2, 0.25) is 0 Å². The van der Waals surface area contributed by atoms with Crippen molar-refractivity contribution in [2.24, 2.45) is 11.1 Å². The van der Waals surface area contributed by atoms with Gasteiger partial charge in [0.15, 0.2) is 0 Å². The summed E-state index contributed by atoms with van der Waals surface area (Å²) in [4.78, 5) is 13.7. The third-order valence-corrected chi connectivity index (χ3v) is 3.19. The standard InChI is InChI=1S/C11H22N2O/c1-4-9(12)10(14)13-7-5-11(2,3)6-8-13/h9H,4-8,12H2,1-3H3/t9-/m1/s1. The maximum atomic E-state index is 11.7. The van der Waals surface area contributed by atoms with Gasteiger partial charge in [0.2, 0.25) is 5.91 Å². The second kappa shape index (κ2) is 4.30. The van der Waals surface area contributed by atoms with Crippen LogP contribution in [0.25, 0.3) is 0 Å². The summed E-state index contributed by atoms with van der Waals surface area (Å²) in [6, 6.07) is -0.295. The topological polar surface area (TPSA) is 46.3 Å². The number of nitrogens with zero attached hydrogens (tertiary/aromatic N) is 1.